The van der Waals surface area contributed by atoms with E-state index in [2.05, 4.69) is 4.74 Å². The second kappa shape index (κ2) is 6.50. The van der Waals surface area contributed by atoms with E-state index in [0.29, 0.717) is 5.88 Å². The Labute approximate surface area is 53.1 Å². The van der Waals surface area contributed by atoms with Crippen molar-refractivity contribution < 1.29 is 9.53 Å². The average molecular weight is 134 g/mol. The van der Waals surface area contributed by atoms with E-state index in [1.165, 1.54) is 6.47 Å². The van der Waals surface area contributed by atoms with Crippen molar-refractivity contribution in [1.29, 1.82) is 0 Å². The van der Waals surface area contributed by atoms with E-state index in [9.17, 15) is 4.79 Å². The van der Waals surface area contributed by atoms with Crippen LogP contribution in [0.4, 0.5) is 0 Å². The molecule has 0 aromatic heterocycles. The lowest BCUT2D eigenvalue weighted by Crippen LogP contribution is -1.84. The van der Waals surface area contributed by atoms with Gasteiger partial charge in [0.05, 0.1) is 0 Å². The van der Waals surface area contributed by atoms with Crippen LogP contribution in [0.15, 0.2) is 12.2 Å². The first kappa shape index (κ1) is 7.50. The van der Waals surface area contributed by atoms with Crippen molar-refractivity contribution in [3.8, 4) is 0 Å². The quantitative estimate of drug-likeness (QED) is 0.323. The SMILES string of the molecule is O=[C]OCC=CCCl. The average Bonchev–Trinajstić information content (AvgIpc) is 1.81. The van der Waals surface area contributed by atoms with E-state index in [4.69, 9.17) is 11.6 Å². The van der Waals surface area contributed by atoms with E-state index in [1.54, 1.807) is 12.2 Å². The van der Waals surface area contributed by atoms with Crippen LogP contribution < -0.4 is 0 Å². The summed E-state index contributed by atoms with van der Waals surface area (Å²) in [5.74, 6) is 0.447. The number of halogens is 1. The summed E-state index contributed by atoms with van der Waals surface area (Å²) in [6.45, 7) is 1.54. The summed E-state index contributed by atoms with van der Waals surface area (Å²) in [6.07, 6.45) is 3.34. The summed E-state index contributed by atoms with van der Waals surface area (Å²) in [4.78, 5) is 9.35. The summed E-state index contributed by atoms with van der Waals surface area (Å²) >= 11 is 5.24. The van der Waals surface area contributed by atoms with Gasteiger partial charge < -0.3 is 4.74 Å². The molecule has 0 rings (SSSR count). The predicted octanol–water partition coefficient (Wildman–Crippen LogP) is 0.865. The zero-order valence-electron chi connectivity index (χ0n) is 4.26. The van der Waals surface area contributed by atoms with Gasteiger partial charge in [0, 0.05) is 5.88 Å². The van der Waals surface area contributed by atoms with Crippen molar-refractivity contribution in [2.45, 2.75) is 0 Å². The molecule has 0 aliphatic rings. The second-order valence-corrected chi connectivity index (χ2v) is 1.33. The van der Waals surface area contributed by atoms with Gasteiger partial charge in [0.2, 0.25) is 0 Å². The Balaban J connectivity index is 2.90. The lowest BCUT2D eigenvalue weighted by molar-refractivity contribution is 0.314. The number of hydrogen-bond acceptors (Lipinski definition) is 2. The molecule has 0 unspecified atom stereocenters. The number of ether oxygens (including phenoxy) is 1. The molecule has 0 aromatic rings. The molecule has 0 aliphatic heterocycles. The highest BCUT2D eigenvalue weighted by atomic mass is 35.5. The summed E-state index contributed by atoms with van der Waals surface area (Å²) < 4.78 is 4.18. The fourth-order valence-electron chi connectivity index (χ4n) is 0.213. The predicted molar refractivity (Wildman–Crippen MR) is 31.5 cm³/mol. The monoisotopic (exact) mass is 133 g/mol. The molecular formula is C5H6ClO2. The maximum Gasteiger partial charge on any atom is 0.417 e. The highest BCUT2D eigenvalue weighted by Gasteiger charge is 1.73. The fourth-order valence-corrected chi connectivity index (χ4v) is 0.339. The topological polar surface area (TPSA) is 26.3 Å². The van der Waals surface area contributed by atoms with Crippen molar-refractivity contribution >= 4 is 18.1 Å². The first-order chi connectivity index (χ1) is 3.91. The molecule has 3 heteroatoms. The number of allylic oxidation sites excluding steroid dienone is 1. The molecule has 0 amide bonds. The maximum absolute atomic E-state index is 9.35. The van der Waals surface area contributed by atoms with Gasteiger partial charge in [-0.3, -0.25) is 0 Å². The Morgan fingerprint density at radius 2 is 2.38 bits per heavy atom. The molecule has 0 saturated heterocycles. The molecule has 0 spiro atoms. The molecule has 45 valence electrons. The van der Waals surface area contributed by atoms with Crippen LogP contribution in [0, 0.1) is 0 Å². The highest BCUT2D eigenvalue weighted by molar-refractivity contribution is 6.18. The third-order valence-corrected chi connectivity index (χ3v) is 0.672. The minimum Gasteiger partial charge on any atom is -0.453 e. The van der Waals surface area contributed by atoms with Crippen molar-refractivity contribution in [1.82, 2.24) is 0 Å². The van der Waals surface area contributed by atoms with Gasteiger partial charge >= 0.3 is 6.47 Å². The Morgan fingerprint density at radius 3 is 2.88 bits per heavy atom. The molecular weight excluding hydrogens is 128 g/mol. The van der Waals surface area contributed by atoms with Crippen molar-refractivity contribution in [3.63, 3.8) is 0 Å². The molecule has 0 aliphatic carbocycles. The molecule has 2 nitrogen and oxygen atoms in total. The second-order valence-electron chi connectivity index (χ2n) is 1.02. The molecule has 0 aromatic carbocycles. The van der Waals surface area contributed by atoms with Crippen LogP contribution in [0.2, 0.25) is 0 Å². The lowest BCUT2D eigenvalue weighted by atomic mass is 10.6. The summed E-state index contributed by atoms with van der Waals surface area (Å²) in [7, 11) is 0. The molecule has 0 heterocycles. The van der Waals surface area contributed by atoms with Gasteiger partial charge in [-0.1, -0.05) is 12.2 Å². The number of carbonyl (C=O) groups excluding carboxylic acids is 1. The minimum atomic E-state index is 0.260. The van der Waals surface area contributed by atoms with Crippen LogP contribution in [-0.4, -0.2) is 19.0 Å². The Bertz CT molecular complexity index is 80.5. The molecule has 0 N–H and O–H groups in total. The summed E-state index contributed by atoms with van der Waals surface area (Å²) in [6, 6.07) is 0. The van der Waals surface area contributed by atoms with Crippen LogP contribution in [0.25, 0.3) is 0 Å². The third kappa shape index (κ3) is 5.50. The van der Waals surface area contributed by atoms with Gasteiger partial charge in [-0.05, 0) is 0 Å². The van der Waals surface area contributed by atoms with Gasteiger partial charge in [-0.15, -0.1) is 11.6 Å². The Hall–Kier alpha value is -0.500. The third-order valence-electron chi connectivity index (χ3n) is 0.494. The summed E-state index contributed by atoms with van der Waals surface area (Å²) in [5.41, 5.74) is 0. The number of hydrogen-bond donors (Lipinski definition) is 0. The molecule has 8 heavy (non-hydrogen) atoms. The summed E-state index contributed by atoms with van der Waals surface area (Å²) in [5, 5.41) is 0. The van der Waals surface area contributed by atoms with E-state index in [1.807, 2.05) is 0 Å². The van der Waals surface area contributed by atoms with E-state index in [-0.39, 0.29) is 6.61 Å². The molecule has 0 fully saturated rings. The van der Waals surface area contributed by atoms with E-state index >= 15 is 0 Å². The van der Waals surface area contributed by atoms with Crippen LogP contribution in [0.3, 0.4) is 0 Å². The number of alkyl halides is 1. The van der Waals surface area contributed by atoms with Gasteiger partial charge in [-0.2, -0.15) is 0 Å². The first-order valence-corrected chi connectivity index (χ1v) is 2.65. The molecule has 1 radical (unpaired) electrons. The Morgan fingerprint density at radius 1 is 1.62 bits per heavy atom. The normalized spacial score (nSPS) is 9.62. The van der Waals surface area contributed by atoms with Gasteiger partial charge in [0.15, 0.2) is 0 Å². The van der Waals surface area contributed by atoms with Gasteiger partial charge in [-0.25, -0.2) is 4.79 Å². The standard InChI is InChI=1S/C5H6ClO2/c6-3-1-2-4-8-5-7/h1-2H,3-4H2. The zero-order chi connectivity index (χ0) is 6.24. The number of rotatable bonds is 4. The van der Waals surface area contributed by atoms with E-state index < -0.39 is 0 Å². The zero-order valence-corrected chi connectivity index (χ0v) is 5.02. The lowest BCUT2D eigenvalue weighted by Gasteiger charge is -1.83. The van der Waals surface area contributed by atoms with Crippen LogP contribution in [0.1, 0.15) is 0 Å². The molecule has 0 atom stereocenters. The first-order valence-electron chi connectivity index (χ1n) is 2.11. The Kier molecular flexibility index (Phi) is 6.09. The van der Waals surface area contributed by atoms with Crippen LogP contribution in [0.5, 0.6) is 0 Å². The minimum absolute atomic E-state index is 0.260. The maximum atomic E-state index is 9.35. The molecule has 0 bridgehead atoms. The van der Waals surface area contributed by atoms with Gasteiger partial charge in [0.1, 0.15) is 6.61 Å². The highest BCUT2D eigenvalue weighted by Crippen LogP contribution is 1.77. The fraction of sp³-hybridized carbons (Fsp3) is 0.400. The molecule has 0 saturated carbocycles. The van der Waals surface area contributed by atoms with Crippen molar-refractivity contribution in [3.05, 3.63) is 12.2 Å². The van der Waals surface area contributed by atoms with Crippen LogP contribution >= 0.6 is 11.6 Å². The van der Waals surface area contributed by atoms with Crippen LogP contribution in [-0.2, 0) is 9.53 Å². The van der Waals surface area contributed by atoms with Crippen molar-refractivity contribution in [2.24, 2.45) is 0 Å². The smallest absolute Gasteiger partial charge is 0.417 e. The van der Waals surface area contributed by atoms with E-state index in [0.717, 1.165) is 0 Å². The van der Waals surface area contributed by atoms with Crippen molar-refractivity contribution in [2.75, 3.05) is 12.5 Å². The largest absolute Gasteiger partial charge is 0.453 e. The van der Waals surface area contributed by atoms with Gasteiger partial charge in [0.25, 0.3) is 0 Å².